The van der Waals surface area contributed by atoms with E-state index in [1.54, 1.807) is 0 Å². The van der Waals surface area contributed by atoms with Gasteiger partial charge in [-0.05, 0) is 19.1 Å². The van der Waals surface area contributed by atoms with Gasteiger partial charge >= 0.3 is 6.36 Å². The van der Waals surface area contributed by atoms with E-state index in [0.717, 1.165) is 6.07 Å². The molecule has 0 saturated carbocycles. The molecular weight excluding hydrogens is 209 g/mol. The van der Waals surface area contributed by atoms with Crippen LogP contribution in [0.4, 0.5) is 13.2 Å². The van der Waals surface area contributed by atoms with E-state index >= 15 is 0 Å². The maximum absolute atomic E-state index is 11.9. The minimum atomic E-state index is -4.77. The number of alkyl halides is 3. The van der Waals surface area contributed by atoms with Crippen LogP contribution in [-0.4, -0.2) is 12.1 Å². The molecule has 1 rings (SSSR count). The van der Waals surface area contributed by atoms with Crippen LogP contribution in [0.1, 0.15) is 24.7 Å². The van der Waals surface area contributed by atoms with Crippen LogP contribution in [0.3, 0.4) is 0 Å². The van der Waals surface area contributed by atoms with Gasteiger partial charge in [-0.1, -0.05) is 19.6 Å². The Labute approximate surface area is 85.7 Å². The molecule has 0 radical (unpaired) electrons. The summed E-state index contributed by atoms with van der Waals surface area (Å²) >= 11 is 0. The average Bonchev–Trinajstić information content (AvgIpc) is 2.01. The van der Waals surface area contributed by atoms with E-state index in [1.807, 2.05) is 0 Å². The van der Waals surface area contributed by atoms with Crippen LogP contribution in [-0.2, 0) is 0 Å². The summed E-state index contributed by atoms with van der Waals surface area (Å²) in [7, 11) is 0. The smallest absolute Gasteiger partial charge is 0.405 e. The van der Waals surface area contributed by atoms with E-state index in [-0.39, 0.29) is 13.0 Å². The molecule has 0 aromatic heterocycles. The number of carbonyl (C=O) groups is 1. The average molecular weight is 220 g/mol. The molecule has 1 aromatic carbocycles. The molecule has 0 aliphatic carbocycles. The number of ether oxygens (including phenoxy) is 1. The first-order chi connectivity index (χ1) is 6.40. The molecule has 0 saturated heterocycles. The molecule has 0 amide bonds. The zero-order valence-electron chi connectivity index (χ0n) is 7.26. The Hall–Kier alpha value is -1.52. The second-order valence-electron chi connectivity index (χ2n) is 2.60. The Morgan fingerprint density at radius 1 is 1.27 bits per heavy atom. The molecule has 0 heterocycles. The van der Waals surface area contributed by atoms with Crippen molar-refractivity contribution in [2.24, 2.45) is 0 Å². The van der Waals surface area contributed by atoms with Crippen molar-refractivity contribution in [2.45, 2.75) is 20.7 Å². The maximum Gasteiger partial charge on any atom is 0.573 e. The molecule has 15 heavy (non-hydrogen) atoms. The standard InChI is InChI=1S/C9H7F3O2.CH4/c1-6(13)7-4-2-3-5-8(7)14-9(10,11)12;/h2-5H,1H3;1H4. The van der Waals surface area contributed by atoms with Crippen LogP contribution in [0.15, 0.2) is 24.3 Å². The Balaban J connectivity index is 0.00000196. The highest BCUT2D eigenvalue weighted by molar-refractivity contribution is 5.96. The molecule has 2 nitrogen and oxygen atoms in total. The van der Waals surface area contributed by atoms with Crippen molar-refractivity contribution in [1.82, 2.24) is 0 Å². The summed E-state index contributed by atoms with van der Waals surface area (Å²) < 4.78 is 39.2. The Kier molecular flexibility index (Phi) is 4.33. The molecular formula is C10H11F3O2. The van der Waals surface area contributed by atoms with Crippen molar-refractivity contribution in [1.29, 1.82) is 0 Å². The van der Waals surface area contributed by atoms with Crippen molar-refractivity contribution in [3.05, 3.63) is 29.8 Å². The number of hydrogen-bond acceptors (Lipinski definition) is 2. The second kappa shape index (κ2) is 4.82. The van der Waals surface area contributed by atoms with Crippen LogP contribution in [0.25, 0.3) is 0 Å². The lowest BCUT2D eigenvalue weighted by atomic mass is 10.1. The van der Waals surface area contributed by atoms with Gasteiger partial charge in [0.1, 0.15) is 5.75 Å². The van der Waals surface area contributed by atoms with Gasteiger partial charge in [0.05, 0.1) is 5.56 Å². The number of halogens is 3. The van der Waals surface area contributed by atoms with Gasteiger partial charge in [-0.15, -0.1) is 13.2 Å². The quantitative estimate of drug-likeness (QED) is 0.714. The zero-order chi connectivity index (χ0) is 10.8. The van der Waals surface area contributed by atoms with Crippen molar-refractivity contribution < 1.29 is 22.7 Å². The molecule has 84 valence electrons. The summed E-state index contributed by atoms with van der Waals surface area (Å²) in [6.07, 6.45) is -4.77. The predicted molar refractivity (Wildman–Crippen MR) is 49.9 cm³/mol. The summed E-state index contributed by atoms with van der Waals surface area (Å²) in [5.74, 6) is -0.933. The minimum absolute atomic E-state index is 0. The van der Waals surface area contributed by atoms with E-state index in [0.29, 0.717) is 0 Å². The molecule has 1 aromatic rings. The van der Waals surface area contributed by atoms with Crippen molar-refractivity contribution >= 4 is 5.78 Å². The summed E-state index contributed by atoms with van der Waals surface area (Å²) in [6.45, 7) is 1.18. The number of hydrogen-bond donors (Lipinski definition) is 0. The maximum atomic E-state index is 11.9. The van der Waals surface area contributed by atoms with E-state index in [4.69, 9.17) is 0 Å². The Morgan fingerprint density at radius 3 is 2.27 bits per heavy atom. The third-order valence-electron chi connectivity index (χ3n) is 1.49. The predicted octanol–water partition coefficient (Wildman–Crippen LogP) is 3.42. The molecule has 0 N–H and O–H groups in total. The lowest BCUT2D eigenvalue weighted by molar-refractivity contribution is -0.274. The van der Waals surface area contributed by atoms with E-state index in [2.05, 4.69) is 4.74 Å². The van der Waals surface area contributed by atoms with E-state index in [1.165, 1.54) is 25.1 Å². The van der Waals surface area contributed by atoms with Gasteiger partial charge in [0.15, 0.2) is 5.78 Å². The van der Waals surface area contributed by atoms with Crippen LogP contribution >= 0.6 is 0 Å². The van der Waals surface area contributed by atoms with Crippen molar-refractivity contribution in [3.63, 3.8) is 0 Å². The van der Waals surface area contributed by atoms with Crippen LogP contribution in [0.5, 0.6) is 5.75 Å². The lowest BCUT2D eigenvalue weighted by Crippen LogP contribution is -2.18. The number of para-hydroxylation sites is 1. The van der Waals surface area contributed by atoms with Crippen LogP contribution in [0, 0.1) is 0 Å². The van der Waals surface area contributed by atoms with E-state index in [9.17, 15) is 18.0 Å². The largest absolute Gasteiger partial charge is 0.573 e. The summed E-state index contributed by atoms with van der Waals surface area (Å²) in [5.41, 5.74) is -0.0789. The molecule has 5 heteroatoms. The highest BCUT2D eigenvalue weighted by Crippen LogP contribution is 2.26. The number of Topliss-reactive ketones (excluding diaryl/α,β-unsaturated/α-hetero) is 1. The summed E-state index contributed by atoms with van der Waals surface area (Å²) in [6, 6.07) is 5.22. The number of rotatable bonds is 2. The highest BCUT2D eigenvalue weighted by Gasteiger charge is 2.32. The number of carbonyl (C=O) groups excluding carboxylic acids is 1. The first kappa shape index (κ1) is 13.5. The van der Waals surface area contributed by atoms with Crippen molar-refractivity contribution in [2.75, 3.05) is 0 Å². The second-order valence-corrected chi connectivity index (χ2v) is 2.60. The van der Waals surface area contributed by atoms with Gasteiger partial charge in [0.2, 0.25) is 0 Å². The van der Waals surface area contributed by atoms with Gasteiger partial charge in [0.25, 0.3) is 0 Å². The van der Waals surface area contributed by atoms with Gasteiger partial charge in [-0.2, -0.15) is 0 Å². The fraction of sp³-hybridized carbons (Fsp3) is 0.300. The fourth-order valence-electron chi connectivity index (χ4n) is 0.971. The Morgan fingerprint density at radius 2 is 1.80 bits per heavy atom. The van der Waals surface area contributed by atoms with Crippen LogP contribution in [0.2, 0.25) is 0 Å². The molecule has 0 unspecified atom stereocenters. The van der Waals surface area contributed by atoms with Gasteiger partial charge < -0.3 is 4.74 Å². The Bertz CT molecular complexity index is 345. The molecule has 0 spiro atoms. The van der Waals surface area contributed by atoms with Gasteiger partial charge in [0, 0.05) is 0 Å². The third kappa shape index (κ3) is 4.01. The van der Waals surface area contributed by atoms with Crippen molar-refractivity contribution in [3.8, 4) is 5.75 Å². The fourth-order valence-corrected chi connectivity index (χ4v) is 0.971. The SMILES string of the molecule is C.CC(=O)c1ccccc1OC(F)(F)F. The minimum Gasteiger partial charge on any atom is -0.405 e. The number of benzene rings is 1. The first-order valence-corrected chi connectivity index (χ1v) is 3.76. The highest BCUT2D eigenvalue weighted by atomic mass is 19.4. The van der Waals surface area contributed by atoms with Crippen LogP contribution < -0.4 is 4.74 Å². The molecule has 0 aliphatic rings. The lowest BCUT2D eigenvalue weighted by Gasteiger charge is -2.10. The number of ketones is 1. The van der Waals surface area contributed by atoms with Gasteiger partial charge in [-0.3, -0.25) is 4.79 Å². The first-order valence-electron chi connectivity index (χ1n) is 3.76. The topological polar surface area (TPSA) is 26.3 Å². The summed E-state index contributed by atoms with van der Waals surface area (Å²) in [5, 5.41) is 0. The summed E-state index contributed by atoms with van der Waals surface area (Å²) in [4.78, 5) is 10.9. The monoisotopic (exact) mass is 220 g/mol. The molecule has 0 atom stereocenters. The van der Waals surface area contributed by atoms with Gasteiger partial charge in [-0.25, -0.2) is 0 Å². The van der Waals surface area contributed by atoms with E-state index < -0.39 is 17.9 Å². The normalized spacial score (nSPS) is 10.4. The zero-order valence-corrected chi connectivity index (χ0v) is 7.26. The molecule has 0 aliphatic heterocycles. The molecule has 0 bridgehead atoms. The molecule has 0 fully saturated rings. The third-order valence-corrected chi connectivity index (χ3v) is 1.49.